The van der Waals surface area contributed by atoms with E-state index in [-0.39, 0.29) is 5.82 Å². The van der Waals surface area contributed by atoms with Gasteiger partial charge in [-0.15, -0.1) is 0 Å². The van der Waals surface area contributed by atoms with Gasteiger partial charge in [0.05, 0.1) is 11.4 Å². The van der Waals surface area contributed by atoms with Crippen molar-refractivity contribution in [2.75, 3.05) is 0 Å². The second-order valence-corrected chi connectivity index (χ2v) is 4.53. The van der Waals surface area contributed by atoms with E-state index in [0.29, 0.717) is 12.2 Å². The Hall–Kier alpha value is -2.20. The van der Waals surface area contributed by atoms with E-state index in [4.69, 9.17) is 5.73 Å². The molecule has 3 nitrogen and oxygen atoms in total. The van der Waals surface area contributed by atoms with E-state index in [9.17, 15) is 4.39 Å². The maximum atomic E-state index is 13.8. The Labute approximate surface area is 110 Å². The van der Waals surface area contributed by atoms with Crippen LogP contribution >= 0.6 is 0 Å². The Morgan fingerprint density at radius 1 is 1.21 bits per heavy atom. The van der Waals surface area contributed by atoms with Gasteiger partial charge >= 0.3 is 0 Å². The molecule has 0 atom stereocenters. The van der Waals surface area contributed by atoms with Crippen LogP contribution in [0.5, 0.6) is 0 Å². The highest BCUT2D eigenvalue weighted by atomic mass is 19.1. The van der Waals surface area contributed by atoms with Gasteiger partial charge in [0.15, 0.2) is 11.5 Å². The van der Waals surface area contributed by atoms with Crippen molar-refractivity contribution in [2.45, 2.75) is 13.5 Å². The summed E-state index contributed by atoms with van der Waals surface area (Å²) in [5, 5.41) is 0. The van der Waals surface area contributed by atoms with Crippen molar-refractivity contribution in [2.24, 2.45) is 5.73 Å². The molecule has 0 aliphatic heterocycles. The number of aryl methyl sites for hydroxylation is 1. The van der Waals surface area contributed by atoms with Crippen molar-refractivity contribution in [3.8, 4) is 11.3 Å². The summed E-state index contributed by atoms with van der Waals surface area (Å²) in [4.78, 5) is 4.39. The Balaban J connectivity index is 2.29. The number of halogens is 1. The minimum atomic E-state index is -0.337. The molecule has 0 saturated heterocycles. The topological polar surface area (TPSA) is 43.3 Å². The zero-order valence-corrected chi connectivity index (χ0v) is 10.6. The lowest BCUT2D eigenvalue weighted by atomic mass is 10.1. The predicted octanol–water partition coefficient (Wildman–Crippen LogP) is 2.91. The Morgan fingerprint density at radius 2 is 1.95 bits per heavy atom. The third kappa shape index (κ3) is 1.90. The number of nitrogens with two attached hydrogens (primary N) is 1. The number of hydrogen-bond acceptors (Lipinski definition) is 2. The number of aromatic nitrogens is 2. The lowest BCUT2D eigenvalue weighted by molar-refractivity contribution is 0.629. The average Bonchev–Trinajstić information content (AvgIpc) is 2.79. The fourth-order valence-electron chi connectivity index (χ4n) is 2.22. The van der Waals surface area contributed by atoms with Crippen LogP contribution in [0.3, 0.4) is 0 Å². The molecule has 2 aromatic heterocycles. The fourth-order valence-corrected chi connectivity index (χ4v) is 2.22. The number of fused-ring (bicyclic) bond motifs is 1. The van der Waals surface area contributed by atoms with Crippen molar-refractivity contribution in [3.63, 3.8) is 0 Å². The number of nitrogens with zero attached hydrogens (tertiary/aromatic N) is 2. The molecule has 2 N–H and O–H groups in total. The molecule has 0 fully saturated rings. The predicted molar refractivity (Wildman–Crippen MR) is 73.2 cm³/mol. The van der Waals surface area contributed by atoms with Crippen molar-refractivity contribution in [1.82, 2.24) is 9.38 Å². The molecule has 3 rings (SSSR count). The van der Waals surface area contributed by atoms with Gasteiger partial charge < -0.3 is 5.73 Å². The molecule has 0 aliphatic carbocycles. The zero-order chi connectivity index (χ0) is 13.4. The molecule has 3 aromatic rings. The lowest BCUT2D eigenvalue weighted by Gasteiger charge is -2.02. The highest BCUT2D eigenvalue weighted by Gasteiger charge is 2.14. The second kappa shape index (κ2) is 4.48. The summed E-state index contributed by atoms with van der Waals surface area (Å²) < 4.78 is 15.5. The van der Waals surface area contributed by atoms with E-state index in [1.54, 1.807) is 16.7 Å². The molecule has 96 valence electrons. The van der Waals surface area contributed by atoms with Crippen LogP contribution in [0.4, 0.5) is 4.39 Å². The van der Waals surface area contributed by atoms with E-state index in [1.165, 1.54) is 11.6 Å². The number of rotatable bonds is 2. The number of hydrogen-bond donors (Lipinski definition) is 1. The molecule has 1 aromatic carbocycles. The number of imidazole rings is 1. The van der Waals surface area contributed by atoms with Crippen LogP contribution in [0, 0.1) is 12.7 Å². The van der Waals surface area contributed by atoms with E-state index in [1.807, 2.05) is 31.2 Å². The molecule has 0 radical (unpaired) electrons. The van der Waals surface area contributed by atoms with Gasteiger partial charge in [-0.25, -0.2) is 9.37 Å². The second-order valence-electron chi connectivity index (χ2n) is 4.53. The van der Waals surface area contributed by atoms with Crippen molar-refractivity contribution >= 4 is 5.65 Å². The van der Waals surface area contributed by atoms with Gasteiger partial charge in [0.2, 0.25) is 0 Å². The zero-order valence-electron chi connectivity index (χ0n) is 10.6. The van der Waals surface area contributed by atoms with Gasteiger partial charge in [-0.3, -0.25) is 4.40 Å². The van der Waals surface area contributed by atoms with Crippen molar-refractivity contribution in [1.29, 1.82) is 0 Å². The van der Waals surface area contributed by atoms with Crippen LogP contribution in [0.15, 0.2) is 42.6 Å². The van der Waals surface area contributed by atoms with Gasteiger partial charge in [0.1, 0.15) is 0 Å². The first-order valence-corrected chi connectivity index (χ1v) is 6.13. The van der Waals surface area contributed by atoms with Gasteiger partial charge in [-0.05, 0) is 19.1 Å². The van der Waals surface area contributed by atoms with E-state index < -0.39 is 0 Å². The van der Waals surface area contributed by atoms with Crippen LogP contribution in [0.2, 0.25) is 0 Å². The lowest BCUT2D eigenvalue weighted by Crippen LogP contribution is -2.02. The Kier molecular flexibility index (Phi) is 2.80. The molecule has 0 aliphatic rings. The van der Waals surface area contributed by atoms with Crippen LogP contribution in [-0.4, -0.2) is 9.38 Å². The minimum Gasteiger partial charge on any atom is -0.325 e. The monoisotopic (exact) mass is 255 g/mol. The van der Waals surface area contributed by atoms with Crippen LogP contribution in [-0.2, 0) is 6.54 Å². The molecule has 19 heavy (non-hydrogen) atoms. The maximum Gasteiger partial charge on any atom is 0.174 e. The summed E-state index contributed by atoms with van der Waals surface area (Å²) >= 11 is 0. The normalized spacial score (nSPS) is 11.1. The van der Waals surface area contributed by atoms with Gasteiger partial charge in [0.25, 0.3) is 0 Å². The molecule has 4 heteroatoms. The molecule has 0 spiro atoms. The van der Waals surface area contributed by atoms with E-state index in [0.717, 1.165) is 17.0 Å². The summed E-state index contributed by atoms with van der Waals surface area (Å²) in [6.07, 6.45) is 1.78. The van der Waals surface area contributed by atoms with Gasteiger partial charge in [0, 0.05) is 18.3 Å². The van der Waals surface area contributed by atoms with E-state index >= 15 is 0 Å². The first kappa shape index (κ1) is 11.9. The summed E-state index contributed by atoms with van der Waals surface area (Å²) in [6, 6.07) is 11.0. The molecule has 2 heterocycles. The molecular weight excluding hydrogens is 241 g/mol. The minimum absolute atomic E-state index is 0.313. The third-order valence-electron chi connectivity index (χ3n) is 3.22. The molecule has 0 amide bonds. The quantitative estimate of drug-likeness (QED) is 0.765. The first-order chi connectivity index (χ1) is 9.20. The molecular formula is C15H14FN3. The van der Waals surface area contributed by atoms with Crippen molar-refractivity contribution in [3.05, 3.63) is 59.7 Å². The highest BCUT2D eigenvalue weighted by molar-refractivity contribution is 5.67. The van der Waals surface area contributed by atoms with Crippen LogP contribution in [0.25, 0.3) is 16.9 Å². The average molecular weight is 255 g/mol. The number of benzene rings is 1. The van der Waals surface area contributed by atoms with Gasteiger partial charge in [-0.2, -0.15) is 0 Å². The van der Waals surface area contributed by atoms with Gasteiger partial charge in [-0.1, -0.05) is 29.8 Å². The number of pyridine rings is 1. The molecule has 0 unspecified atom stereocenters. The summed E-state index contributed by atoms with van der Waals surface area (Å²) in [7, 11) is 0. The first-order valence-electron chi connectivity index (χ1n) is 6.13. The van der Waals surface area contributed by atoms with E-state index in [2.05, 4.69) is 4.98 Å². The molecule has 0 bridgehead atoms. The highest BCUT2D eigenvalue weighted by Crippen LogP contribution is 2.25. The smallest absolute Gasteiger partial charge is 0.174 e. The largest absolute Gasteiger partial charge is 0.325 e. The van der Waals surface area contributed by atoms with Crippen LogP contribution < -0.4 is 5.73 Å². The SMILES string of the molecule is Cc1ccc(-c2nc3c(F)cccn3c2CN)cc1. The summed E-state index contributed by atoms with van der Waals surface area (Å²) in [6.45, 7) is 2.34. The maximum absolute atomic E-state index is 13.8. The Morgan fingerprint density at radius 3 is 2.63 bits per heavy atom. The summed E-state index contributed by atoms with van der Waals surface area (Å²) in [5.74, 6) is -0.337. The van der Waals surface area contributed by atoms with Crippen molar-refractivity contribution < 1.29 is 4.39 Å². The Bertz CT molecular complexity index is 729. The summed E-state index contributed by atoms with van der Waals surface area (Å²) in [5.41, 5.74) is 9.80. The van der Waals surface area contributed by atoms with Crippen LogP contribution in [0.1, 0.15) is 11.3 Å². The fraction of sp³-hybridized carbons (Fsp3) is 0.133. The third-order valence-corrected chi connectivity index (χ3v) is 3.22. The molecule has 0 saturated carbocycles. The standard InChI is InChI=1S/C15H14FN3/c1-10-4-6-11(7-5-10)14-13(9-17)19-8-2-3-12(16)15(19)18-14/h2-8H,9,17H2,1H3.